The standard InChI is InChI=1S/C13H26N4/c1-11-9-17-7-3-2-5-12(17)10-16(11)8-4-6-13(14)15/h11-12H,2-10H2,1H3,(H3,14,15). The predicted octanol–water partition coefficient (Wildman–Crippen LogP) is 1.26. The Kier molecular flexibility index (Phi) is 4.40. The molecule has 4 heteroatoms. The van der Waals surface area contributed by atoms with Crippen molar-refractivity contribution in [2.75, 3.05) is 26.2 Å². The summed E-state index contributed by atoms with van der Waals surface area (Å²) >= 11 is 0. The molecule has 0 aromatic carbocycles. The molecule has 3 N–H and O–H groups in total. The highest BCUT2D eigenvalue weighted by Gasteiger charge is 2.32. The van der Waals surface area contributed by atoms with Gasteiger partial charge < -0.3 is 5.73 Å². The molecule has 2 aliphatic rings. The summed E-state index contributed by atoms with van der Waals surface area (Å²) in [5.41, 5.74) is 5.41. The molecule has 0 radical (unpaired) electrons. The highest BCUT2D eigenvalue weighted by molar-refractivity contribution is 5.76. The second kappa shape index (κ2) is 5.83. The second-order valence-corrected chi connectivity index (χ2v) is 5.62. The first-order chi connectivity index (χ1) is 8.16. The second-order valence-electron chi connectivity index (χ2n) is 5.62. The molecule has 2 unspecified atom stereocenters. The average molecular weight is 238 g/mol. The van der Waals surface area contributed by atoms with Crippen LogP contribution in [-0.2, 0) is 0 Å². The van der Waals surface area contributed by atoms with Gasteiger partial charge in [-0.3, -0.25) is 15.2 Å². The number of piperidine rings is 1. The number of amidine groups is 1. The minimum absolute atomic E-state index is 0.328. The van der Waals surface area contributed by atoms with Gasteiger partial charge in [0.25, 0.3) is 0 Å². The van der Waals surface area contributed by atoms with E-state index < -0.39 is 0 Å². The lowest BCUT2D eigenvalue weighted by atomic mass is 9.97. The van der Waals surface area contributed by atoms with E-state index in [2.05, 4.69) is 16.7 Å². The molecule has 0 amide bonds. The van der Waals surface area contributed by atoms with Gasteiger partial charge in [0.1, 0.15) is 0 Å². The van der Waals surface area contributed by atoms with Gasteiger partial charge in [0.05, 0.1) is 5.84 Å². The van der Waals surface area contributed by atoms with E-state index in [0.29, 0.717) is 11.9 Å². The summed E-state index contributed by atoms with van der Waals surface area (Å²) in [5, 5.41) is 7.26. The normalized spacial score (nSPS) is 31.1. The zero-order valence-electron chi connectivity index (χ0n) is 11.0. The first-order valence-electron chi connectivity index (χ1n) is 6.98. The fraction of sp³-hybridized carbons (Fsp3) is 0.923. The Morgan fingerprint density at radius 3 is 2.94 bits per heavy atom. The number of hydrogen-bond acceptors (Lipinski definition) is 3. The SMILES string of the molecule is CC1CN2CCCCC2CN1CCCC(=N)N. The van der Waals surface area contributed by atoms with Gasteiger partial charge in [-0.15, -0.1) is 0 Å². The Morgan fingerprint density at radius 2 is 2.18 bits per heavy atom. The number of piperazine rings is 1. The molecular weight excluding hydrogens is 212 g/mol. The van der Waals surface area contributed by atoms with Crippen LogP contribution in [0.5, 0.6) is 0 Å². The summed E-state index contributed by atoms with van der Waals surface area (Å²) in [6.45, 7) is 7.18. The fourth-order valence-electron chi connectivity index (χ4n) is 3.20. The molecule has 0 bridgehead atoms. The third-order valence-corrected chi connectivity index (χ3v) is 4.21. The Labute approximate surface area is 105 Å². The van der Waals surface area contributed by atoms with Crippen molar-refractivity contribution in [3.05, 3.63) is 0 Å². The summed E-state index contributed by atoms with van der Waals surface area (Å²) in [6.07, 6.45) is 5.93. The quantitative estimate of drug-likeness (QED) is 0.573. The van der Waals surface area contributed by atoms with Crippen molar-refractivity contribution < 1.29 is 0 Å². The Balaban J connectivity index is 1.80. The number of fused-ring (bicyclic) bond motifs is 1. The maximum Gasteiger partial charge on any atom is 0.0905 e. The van der Waals surface area contributed by atoms with Crippen LogP contribution in [0.2, 0.25) is 0 Å². The minimum Gasteiger partial charge on any atom is -0.388 e. The number of rotatable bonds is 4. The highest BCUT2D eigenvalue weighted by atomic mass is 15.3. The van der Waals surface area contributed by atoms with Crippen LogP contribution >= 0.6 is 0 Å². The van der Waals surface area contributed by atoms with Crippen molar-refractivity contribution in [3.63, 3.8) is 0 Å². The molecule has 2 atom stereocenters. The van der Waals surface area contributed by atoms with Crippen LogP contribution < -0.4 is 5.73 Å². The molecule has 2 rings (SSSR count). The summed E-state index contributed by atoms with van der Waals surface area (Å²) in [4.78, 5) is 5.27. The van der Waals surface area contributed by atoms with Crippen molar-refractivity contribution >= 4 is 5.84 Å². The van der Waals surface area contributed by atoms with Crippen LogP contribution in [0.4, 0.5) is 0 Å². The molecular formula is C13H26N4. The molecule has 2 heterocycles. The molecule has 4 nitrogen and oxygen atoms in total. The van der Waals surface area contributed by atoms with Gasteiger partial charge in [0, 0.05) is 31.6 Å². The third kappa shape index (κ3) is 3.42. The number of nitrogens with one attached hydrogen (secondary N) is 1. The summed E-state index contributed by atoms with van der Waals surface area (Å²) in [7, 11) is 0. The van der Waals surface area contributed by atoms with Gasteiger partial charge in [0.15, 0.2) is 0 Å². The van der Waals surface area contributed by atoms with Gasteiger partial charge in [-0.05, 0) is 39.3 Å². The van der Waals surface area contributed by atoms with Crippen LogP contribution in [0.25, 0.3) is 0 Å². The largest absolute Gasteiger partial charge is 0.388 e. The molecule has 2 saturated heterocycles. The molecule has 0 spiro atoms. The maximum atomic E-state index is 7.26. The first-order valence-corrected chi connectivity index (χ1v) is 6.98. The van der Waals surface area contributed by atoms with E-state index in [1.165, 1.54) is 38.9 Å². The van der Waals surface area contributed by atoms with Crippen molar-refractivity contribution in [3.8, 4) is 0 Å². The van der Waals surface area contributed by atoms with E-state index >= 15 is 0 Å². The Hall–Kier alpha value is -0.610. The number of hydrogen-bond donors (Lipinski definition) is 2. The lowest BCUT2D eigenvalue weighted by Crippen LogP contribution is -2.58. The lowest BCUT2D eigenvalue weighted by molar-refractivity contribution is 0.0151. The highest BCUT2D eigenvalue weighted by Crippen LogP contribution is 2.24. The van der Waals surface area contributed by atoms with Gasteiger partial charge in [-0.25, -0.2) is 0 Å². The van der Waals surface area contributed by atoms with Crippen LogP contribution in [0.3, 0.4) is 0 Å². The van der Waals surface area contributed by atoms with E-state index in [9.17, 15) is 0 Å². The zero-order valence-corrected chi connectivity index (χ0v) is 11.0. The van der Waals surface area contributed by atoms with E-state index in [4.69, 9.17) is 11.1 Å². The number of nitrogens with two attached hydrogens (primary N) is 1. The van der Waals surface area contributed by atoms with Crippen molar-refractivity contribution in [2.45, 2.75) is 51.1 Å². The molecule has 2 fully saturated rings. The molecule has 0 aromatic heterocycles. The predicted molar refractivity (Wildman–Crippen MR) is 71.4 cm³/mol. The molecule has 0 saturated carbocycles. The van der Waals surface area contributed by atoms with Crippen LogP contribution in [0.1, 0.15) is 39.0 Å². The van der Waals surface area contributed by atoms with Crippen LogP contribution in [0.15, 0.2) is 0 Å². The fourth-order valence-corrected chi connectivity index (χ4v) is 3.20. The molecule has 98 valence electrons. The molecule has 2 aliphatic heterocycles. The van der Waals surface area contributed by atoms with E-state index in [-0.39, 0.29) is 0 Å². The van der Waals surface area contributed by atoms with Crippen LogP contribution in [-0.4, -0.2) is 53.9 Å². The van der Waals surface area contributed by atoms with E-state index in [1.54, 1.807) is 0 Å². The maximum absolute atomic E-state index is 7.26. The smallest absolute Gasteiger partial charge is 0.0905 e. The molecule has 17 heavy (non-hydrogen) atoms. The minimum atomic E-state index is 0.328. The van der Waals surface area contributed by atoms with Crippen molar-refractivity contribution in [2.24, 2.45) is 5.73 Å². The van der Waals surface area contributed by atoms with E-state index in [0.717, 1.165) is 25.4 Å². The Bertz CT molecular complexity index is 266. The summed E-state index contributed by atoms with van der Waals surface area (Å²) < 4.78 is 0. The molecule has 0 aliphatic carbocycles. The van der Waals surface area contributed by atoms with Crippen molar-refractivity contribution in [1.82, 2.24) is 9.80 Å². The first kappa shape index (κ1) is 12.8. The summed E-state index contributed by atoms with van der Waals surface area (Å²) in [6, 6.07) is 1.45. The lowest BCUT2D eigenvalue weighted by Gasteiger charge is -2.47. The van der Waals surface area contributed by atoms with Gasteiger partial charge in [0.2, 0.25) is 0 Å². The van der Waals surface area contributed by atoms with Gasteiger partial charge in [-0.2, -0.15) is 0 Å². The average Bonchev–Trinajstić information content (AvgIpc) is 2.29. The zero-order chi connectivity index (χ0) is 12.3. The van der Waals surface area contributed by atoms with Crippen LogP contribution in [0, 0.1) is 5.41 Å². The summed E-state index contributed by atoms with van der Waals surface area (Å²) in [5.74, 6) is 0.328. The number of nitrogens with zero attached hydrogens (tertiary/aromatic N) is 2. The Morgan fingerprint density at radius 1 is 1.35 bits per heavy atom. The van der Waals surface area contributed by atoms with Gasteiger partial charge in [-0.1, -0.05) is 6.42 Å². The van der Waals surface area contributed by atoms with E-state index in [1.807, 2.05) is 0 Å². The van der Waals surface area contributed by atoms with Gasteiger partial charge >= 0.3 is 0 Å². The van der Waals surface area contributed by atoms with Crippen molar-refractivity contribution in [1.29, 1.82) is 5.41 Å². The third-order valence-electron chi connectivity index (χ3n) is 4.21. The monoisotopic (exact) mass is 238 g/mol. The topological polar surface area (TPSA) is 56.4 Å². The molecule has 0 aromatic rings.